The molecule has 1 aliphatic carbocycles. The number of alkyl halides is 3. The molecule has 7 heteroatoms. The molecule has 1 heterocycles. The van der Waals surface area contributed by atoms with Crippen LogP contribution in [0.3, 0.4) is 0 Å². The Morgan fingerprint density at radius 2 is 1.96 bits per heavy atom. The molecular formula is C18H19F3N2O2. The van der Waals surface area contributed by atoms with Crippen molar-refractivity contribution in [2.45, 2.75) is 45.8 Å². The van der Waals surface area contributed by atoms with Gasteiger partial charge in [0.05, 0.1) is 22.5 Å². The molecule has 2 aromatic rings. The molecule has 0 saturated heterocycles. The maximum absolute atomic E-state index is 13.1. The largest absolute Gasteiger partial charge is 0.418 e. The molecule has 1 atom stereocenters. The number of hydrogen-bond acceptors (Lipinski definition) is 3. The molecule has 1 aromatic heterocycles. The van der Waals surface area contributed by atoms with Crippen molar-refractivity contribution in [3.8, 4) is 0 Å². The summed E-state index contributed by atoms with van der Waals surface area (Å²) in [6.45, 7) is 5.23. The highest BCUT2D eigenvalue weighted by Gasteiger charge is 2.35. The maximum atomic E-state index is 13.1. The first-order chi connectivity index (χ1) is 11.2. The van der Waals surface area contributed by atoms with Gasteiger partial charge in [-0.2, -0.15) is 13.2 Å². The number of carbonyl (C=O) groups excluding carboxylic acids is 1. The lowest BCUT2D eigenvalue weighted by Crippen LogP contribution is -2.34. The Labute approximate surface area is 143 Å². The Balaban J connectivity index is 0.00000225. The topological polar surface area (TPSA) is 52.0 Å². The summed E-state index contributed by atoms with van der Waals surface area (Å²) in [5.74, 6) is -0.0559. The number of rotatable bonds is 1. The fourth-order valence-electron chi connectivity index (χ4n) is 3.15. The number of benzene rings is 1. The SMILES string of the molecule is C.C=C1CCC(n2c(C)nc3c(C(F)(F)F)cccc3c2=O)C(=O)C1. The summed E-state index contributed by atoms with van der Waals surface area (Å²) >= 11 is 0. The highest BCUT2D eigenvalue weighted by molar-refractivity contribution is 5.87. The van der Waals surface area contributed by atoms with E-state index in [2.05, 4.69) is 11.6 Å². The Hall–Kier alpha value is -2.44. The average molecular weight is 352 g/mol. The number of allylic oxidation sites excluding steroid dienone is 1. The van der Waals surface area contributed by atoms with Crippen LogP contribution in [0.25, 0.3) is 10.9 Å². The Morgan fingerprint density at radius 1 is 1.28 bits per heavy atom. The molecule has 1 fully saturated rings. The van der Waals surface area contributed by atoms with E-state index in [-0.39, 0.29) is 36.4 Å². The predicted octanol–water partition coefficient (Wildman–Crippen LogP) is 4.21. The molecule has 4 nitrogen and oxygen atoms in total. The molecule has 3 rings (SSSR count). The third kappa shape index (κ3) is 3.23. The van der Waals surface area contributed by atoms with E-state index < -0.39 is 23.3 Å². The van der Waals surface area contributed by atoms with Crippen LogP contribution in [0.1, 0.15) is 44.1 Å². The number of aromatic nitrogens is 2. The lowest BCUT2D eigenvalue weighted by Gasteiger charge is -2.26. The smallest absolute Gasteiger partial charge is 0.297 e. The molecule has 0 N–H and O–H groups in total. The Morgan fingerprint density at radius 3 is 2.56 bits per heavy atom. The van der Waals surface area contributed by atoms with Gasteiger partial charge in [-0.25, -0.2) is 4.98 Å². The average Bonchev–Trinajstić information content (AvgIpc) is 2.47. The van der Waals surface area contributed by atoms with Gasteiger partial charge in [0.15, 0.2) is 5.78 Å². The van der Waals surface area contributed by atoms with Gasteiger partial charge in [0.1, 0.15) is 5.82 Å². The van der Waals surface area contributed by atoms with Crippen molar-refractivity contribution in [1.82, 2.24) is 9.55 Å². The first-order valence-electron chi connectivity index (χ1n) is 7.48. The van der Waals surface area contributed by atoms with Gasteiger partial charge in [-0.15, -0.1) is 0 Å². The summed E-state index contributed by atoms with van der Waals surface area (Å²) in [4.78, 5) is 29.0. The van der Waals surface area contributed by atoms with Gasteiger partial charge in [-0.3, -0.25) is 14.2 Å². The zero-order valence-corrected chi connectivity index (χ0v) is 13.0. The molecule has 1 aliphatic rings. The Kier molecular flexibility index (Phi) is 4.88. The van der Waals surface area contributed by atoms with Gasteiger partial charge < -0.3 is 0 Å². The normalized spacial score (nSPS) is 18.3. The number of aryl methyl sites for hydroxylation is 1. The lowest BCUT2D eigenvalue weighted by atomic mass is 9.90. The number of nitrogens with zero attached hydrogens (tertiary/aromatic N) is 2. The molecule has 1 unspecified atom stereocenters. The van der Waals surface area contributed by atoms with Crippen LogP contribution < -0.4 is 5.56 Å². The summed E-state index contributed by atoms with van der Waals surface area (Å²) in [7, 11) is 0. The van der Waals surface area contributed by atoms with Crippen molar-refractivity contribution >= 4 is 16.7 Å². The van der Waals surface area contributed by atoms with Gasteiger partial charge in [0.2, 0.25) is 0 Å². The monoisotopic (exact) mass is 352 g/mol. The summed E-state index contributed by atoms with van der Waals surface area (Å²) in [6.07, 6.45) is -3.42. The fraction of sp³-hybridized carbons (Fsp3) is 0.389. The van der Waals surface area contributed by atoms with E-state index >= 15 is 0 Å². The van der Waals surface area contributed by atoms with Crippen LogP contribution in [0.4, 0.5) is 13.2 Å². The molecule has 0 spiro atoms. The first kappa shape index (κ1) is 18.9. The predicted molar refractivity (Wildman–Crippen MR) is 89.5 cm³/mol. The summed E-state index contributed by atoms with van der Waals surface area (Å²) in [5.41, 5.74) is -1.14. The number of carbonyl (C=O) groups is 1. The minimum atomic E-state index is -4.60. The van der Waals surface area contributed by atoms with Crippen molar-refractivity contribution in [2.24, 2.45) is 0 Å². The van der Waals surface area contributed by atoms with Gasteiger partial charge in [-0.1, -0.05) is 25.6 Å². The molecule has 0 bridgehead atoms. The molecule has 25 heavy (non-hydrogen) atoms. The zero-order chi connectivity index (χ0) is 17.6. The number of Topliss-reactive ketones (excluding diaryl/α,β-unsaturated/α-hetero) is 1. The van der Waals surface area contributed by atoms with Crippen LogP contribution in [-0.2, 0) is 11.0 Å². The zero-order valence-electron chi connectivity index (χ0n) is 13.0. The fourth-order valence-corrected chi connectivity index (χ4v) is 3.15. The molecule has 134 valence electrons. The van der Waals surface area contributed by atoms with Crippen LogP contribution in [0.2, 0.25) is 0 Å². The van der Waals surface area contributed by atoms with Gasteiger partial charge in [0.25, 0.3) is 5.56 Å². The second-order valence-electron chi connectivity index (χ2n) is 5.98. The lowest BCUT2D eigenvalue weighted by molar-refractivity contribution is -0.136. The second-order valence-corrected chi connectivity index (χ2v) is 5.98. The van der Waals surface area contributed by atoms with E-state index in [1.807, 2.05) is 0 Å². The standard InChI is InChI=1S/C17H15F3N2O2.CH4/c1-9-6-7-13(14(23)8-9)22-10(2)21-15-11(16(22)24)4-3-5-12(15)17(18,19)20;/h3-5,13H,1,6-8H2,2H3;1H4. The summed E-state index contributed by atoms with van der Waals surface area (Å²) in [6, 6.07) is 2.68. The van der Waals surface area contributed by atoms with Crippen molar-refractivity contribution in [3.63, 3.8) is 0 Å². The molecule has 1 saturated carbocycles. The highest BCUT2D eigenvalue weighted by atomic mass is 19.4. The van der Waals surface area contributed by atoms with Crippen LogP contribution in [0.5, 0.6) is 0 Å². The van der Waals surface area contributed by atoms with Crippen molar-refractivity contribution in [3.05, 3.63) is 52.1 Å². The molecule has 0 radical (unpaired) electrons. The van der Waals surface area contributed by atoms with Gasteiger partial charge >= 0.3 is 6.18 Å². The maximum Gasteiger partial charge on any atom is 0.418 e. The summed E-state index contributed by atoms with van der Waals surface area (Å²) < 4.78 is 40.6. The van der Waals surface area contributed by atoms with Crippen LogP contribution >= 0.6 is 0 Å². The third-order valence-electron chi connectivity index (χ3n) is 4.29. The highest BCUT2D eigenvalue weighted by Crippen LogP contribution is 2.34. The minimum absolute atomic E-state index is 0. The van der Waals surface area contributed by atoms with E-state index in [0.29, 0.717) is 12.8 Å². The number of fused-ring (bicyclic) bond motifs is 1. The van der Waals surface area contributed by atoms with Crippen LogP contribution in [0, 0.1) is 6.92 Å². The van der Waals surface area contributed by atoms with Gasteiger partial charge in [-0.05, 0) is 31.9 Å². The number of para-hydroxylation sites is 1. The summed E-state index contributed by atoms with van der Waals surface area (Å²) in [5, 5.41) is -0.132. The van der Waals surface area contributed by atoms with Crippen molar-refractivity contribution < 1.29 is 18.0 Å². The molecule has 0 amide bonds. The molecular weight excluding hydrogens is 333 g/mol. The minimum Gasteiger partial charge on any atom is -0.297 e. The van der Waals surface area contributed by atoms with Crippen molar-refractivity contribution in [2.75, 3.05) is 0 Å². The Bertz CT molecular complexity index is 913. The van der Waals surface area contributed by atoms with E-state index in [4.69, 9.17) is 0 Å². The van der Waals surface area contributed by atoms with E-state index in [1.54, 1.807) is 0 Å². The second kappa shape index (κ2) is 6.46. The van der Waals surface area contributed by atoms with Crippen LogP contribution in [0.15, 0.2) is 35.1 Å². The first-order valence-corrected chi connectivity index (χ1v) is 7.48. The van der Waals surface area contributed by atoms with E-state index in [9.17, 15) is 22.8 Å². The molecule has 1 aromatic carbocycles. The van der Waals surface area contributed by atoms with Gasteiger partial charge in [0, 0.05) is 6.42 Å². The number of hydrogen-bond donors (Lipinski definition) is 0. The quantitative estimate of drug-likeness (QED) is 0.723. The van der Waals surface area contributed by atoms with E-state index in [1.165, 1.54) is 23.6 Å². The molecule has 0 aliphatic heterocycles. The van der Waals surface area contributed by atoms with Crippen molar-refractivity contribution in [1.29, 1.82) is 0 Å². The third-order valence-corrected chi connectivity index (χ3v) is 4.29. The van der Waals surface area contributed by atoms with Crippen LogP contribution in [-0.4, -0.2) is 15.3 Å². The van der Waals surface area contributed by atoms with E-state index in [0.717, 1.165) is 11.6 Å². The number of halogens is 3. The number of ketones is 1.